The molecule has 1 fully saturated rings. The van der Waals surface area contributed by atoms with E-state index in [1.54, 1.807) is 6.07 Å². The number of hydroxylamine groups is 1. The van der Waals surface area contributed by atoms with Gasteiger partial charge in [0, 0.05) is 12.1 Å². The molecule has 0 saturated carbocycles. The molecule has 0 aliphatic carbocycles. The fourth-order valence-electron chi connectivity index (χ4n) is 3.00. The molecule has 0 unspecified atom stereocenters. The van der Waals surface area contributed by atoms with Crippen LogP contribution in [0.5, 0.6) is 0 Å². The molecule has 0 spiro atoms. The van der Waals surface area contributed by atoms with Crippen LogP contribution in [0.3, 0.4) is 0 Å². The monoisotopic (exact) mass is 324 g/mol. The molecule has 2 aromatic rings. The highest BCUT2D eigenvalue weighted by Crippen LogP contribution is 2.19. The van der Waals surface area contributed by atoms with Gasteiger partial charge in [0.1, 0.15) is 0 Å². The van der Waals surface area contributed by atoms with E-state index in [2.05, 4.69) is 10.4 Å². The van der Waals surface area contributed by atoms with Crippen molar-refractivity contribution in [1.82, 2.24) is 10.4 Å². The summed E-state index contributed by atoms with van der Waals surface area (Å²) < 4.78 is 0. The Morgan fingerprint density at radius 2 is 1.71 bits per heavy atom. The number of carbonyl (C=O) groups is 1. The van der Waals surface area contributed by atoms with Crippen LogP contribution in [0.2, 0.25) is 0 Å². The molecule has 0 aromatic heterocycles. The SMILES string of the molecule is O=C(NOCCN1CCCCC1)c1cccc(-c2ccccc2)c1. The zero-order chi connectivity index (χ0) is 16.6. The third-order valence-corrected chi connectivity index (χ3v) is 4.36. The lowest BCUT2D eigenvalue weighted by molar-refractivity contribution is 0.0206. The van der Waals surface area contributed by atoms with Crippen molar-refractivity contribution in [2.75, 3.05) is 26.2 Å². The topological polar surface area (TPSA) is 41.6 Å². The standard InChI is InChI=1S/C20H24N2O2/c23-20(21-24-15-14-22-12-5-2-6-13-22)19-11-7-10-18(16-19)17-8-3-1-4-9-17/h1,3-4,7-11,16H,2,5-6,12-15H2,(H,21,23). The van der Waals surface area contributed by atoms with Crippen LogP contribution in [0.25, 0.3) is 11.1 Å². The van der Waals surface area contributed by atoms with Crippen molar-refractivity contribution in [3.8, 4) is 11.1 Å². The number of amides is 1. The Morgan fingerprint density at radius 1 is 0.958 bits per heavy atom. The highest BCUT2D eigenvalue weighted by atomic mass is 16.6. The summed E-state index contributed by atoms with van der Waals surface area (Å²) in [5.41, 5.74) is 5.28. The summed E-state index contributed by atoms with van der Waals surface area (Å²) in [5.74, 6) is -0.202. The summed E-state index contributed by atoms with van der Waals surface area (Å²) in [5, 5.41) is 0. The molecule has 4 heteroatoms. The first kappa shape index (κ1) is 16.7. The molecule has 24 heavy (non-hydrogen) atoms. The molecular weight excluding hydrogens is 300 g/mol. The highest BCUT2D eigenvalue weighted by molar-refractivity contribution is 5.94. The Balaban J connectivity index is 1.50. The molecule has 1 amide bonds. The number of hydrogen-bond acceptors (Lipinski definition) is 3. The molecule has 126 valence electrons. The number of rotatable bonds is 6. The largest absolute Gasteiger partial charge is 0.301 e. The van der Waals surface area contributed by atoms with Gasteiger partial charge in [0.05, 0.1) is 6.61 Å². The molecule has 1 N–H and O–H groups in total. The highest BCUT2D eigenvalue weighted by Gasteiger charge is 2.10. The van der Waals surface area contributed by atoms with Crippen LogP contribution in [0.4, 0.5) is 0 Å². The third-order valence-electron chi connectivity index (χ3n) is 4.36. The Labute approximate surface area is 143 Å². The van der Waals surface area contributed by atoms with Crippen LogP contribution in [0.1, 0.15) is 29.6 Å². The fraction of sp³-hybridized carbons (Fsp3) is 0.350. The maximum Gasteiger partial charge on any atom is 0.274 e. The average molecular weight is 324 g/mol. The van der Waals surface area contributed by atoms with Gasteiger partial charge in [-0.1, -0.05) is 48.9 Å². The van der Waals surface area contributed by atoms with Crippen LogP contribution in [-0.2, 0) is 4.84 Å². The molecule has 1 heterocycles. The van der Waals surface area contributed by atoms with E-state index in [1.165, 1.54) is 19.3 Å². The molecule has 1 saturated heterocycles. The minimum atomic E-state index is -0.202. The minimum Gasteiger partial charge on any atom is -0.301 e. The van der Waals surface area contributed by atoms with Gasteiger partial charge in [-0.15, -0.1) is 0 Å². The Morgan fingerprint density at radius 3 is 2.50 bits per heavy atom. The molecule has 0 bridgehead atoms. The van der Waals surface area contributed by atoms with Gasteiger partial charge in [-0.25, -0.2) is 5.48 Å². The second-order valence-electron chi connectivity index (χ2n) is 6.13. The number of piperidine rings is 1. The van der Waals surface area contributed by atoms with E-state index in [0.29, 0.717) is 12.2 Å². The van der Waals surface area contributed by atoms with Gasteiger partial charge in [0.15, 0.2) is 0 Å². The first-order valence-electron chi connectivity index (χ1n) is 8.63. The van der Waals surface area contributed by atoms with Crippen LogP contribution in [0, 0.1) is 0 Å². The second-order valence-corrected chi connectivity index (χ2v) is 6.13. The van der Waals surface area contributed by atoms with Crippen LogP contribution < -0.4 is 5.48 Å². The predicted octanol–water partition coefficient (Wildman–Crippen LogP) is 3.50. The van der Waals surface area contributed by atoms with Gasteiger partial charge in [-0.2, -0.15) is 0 Å². The number of benzene rings is 2. The second kappa shape index (κ2) is 8.62. The van der Waals surface area contributed by atoms with E-state index >= 15 is 0 Å². The van der Waals surface area contributed by atoms with Crippen LogP contribution in [-0.4, -0.2) is 37.0 Å². The molecule has 1 aliphatic heterocycles. The maximum atomic E-state index is 12.2. The van der Waals surface area contributed by atoms with Gasteiger partial charge in [0.2, 0.25) is 0 Å². The molecule has 1 aliphatic rings. The van der Waals surface area contributed by atoms with E-state index < -0.39 is 0 Å². The summed E-state index contributed by atoms with van der Waals surface area (Å²) in [6.07, 6.45) is 3.85. The summed E-state index contributed by atoms with van der Waals surface area (Å²) in [4.78, 5) is 20.0. The lowest BCUT2D eigenvalue weighted by Crippen LogP contribution is -2.35. The first-order chi connectivity index (χ1) is 11.8. The maximum absolute atomic E-state index is 12.2. The normalized spacial score (nSPS) is 15.2. The lowest BCUT2D eigenvalue weighted by atomic mass is 10.0. The molecule has 0 atom stereocenters. The summed E-state index contributed by atoms with van der Waals surface area (Å²) in [6.45, 7) is 3.65. The van der Waals surface area contributed by atoms with Gasteiger partial charge >= 0.3 is 0 Å². The Kier molecular flexibility index (Phi) is 5.99. The minimum absolute atomic E-state index is 0.202. The lowest BCUT2D eigenvalue weighted by Gasteiger charge is -2.25. The number of likely N-dealkylation sites (tertiary alicyclic amines) is 1. The van der Waals surface area contributed by atoms with Crippen LogP contribution >= 0.6 is 0 Å². The average Bonchev–Trinajstić information content (AvgIpc) is 2.67. The zero-order valence-corrected chi connectivity index (χ0v) is 13.9. The summed E-state index contributed by atoms with van der Waals surface area (Å²) in [6, 6.07) is 17.6. The first-order valence-corrected chi connectivity index (χ1v) is 8.63. The van der Waals surface area contributed by atoms with Crippen molar-refractivity contribution in [3.63, 3.8) is 0 Å². The molecular formula is C20H24N2O2. The molecule has 2 aromatic carbocycles. The number of hydrogen-bond donors (Lipinski definition) is 1. The van der Waals surface area contributed by atoms with Crippen molar-refractivity contribution in [2.24, 2.45) is 0 Å². The summed E-state index contributed by atoms with van der Waals surface area (Å²) in [7, 11) is 0. The van der Waals surface area contributed by atoms with Gasteiger partial charge in [0.25, 0.3) is 5.91 Å². The number of nitrogens with one attached hydrogen (secondary N) is 1. The molecule has 4 nitrogen and oxygen atoms in total. The fourth-order valence-corrected chi connectivity index (χ4v) is 3.00. The van der Waals surface area contributed by atoms with E-state index in [4.69, 9.17) is 4.84 Å². The van der Waals surface area contributed by atoms with Crippen molar-refractivity contribution >= 4 is 5.91 Å². The van der Waals surface area contributed by atoms with E-state index in [1.807, 2.05) is 48.5 Å². The predicted molar refractivity (Wildman–Crippen MR) is 95.6 cm³/mol. The number of carbonyl (C=O) groups excluding carboxylic acids is 1. The quantitative estimate of drug-likeness (QED) is 0.653. The van der Waals surface area contributed by atoms with Gasteiger partial charge in [-0.05, 0) is 49.2 Å². The zero-order valence-electron chi connectivity index (χ0n) is 13.9. The van der Waals surface area contributed by atoms with Crippen molar-refractivity contribution in [1.29, 1.82) is 0 Å². The van der Waals surface area contributed by atoms with Gasteiger partial charge < -0.3 is 4.90 Å². The molecule has 3 rings (SSSR count). The smallest absolute Gasteiger partial charge is 0.274 e. The third kappa shape index (κ3) is 4.66. The number of nitrogens with zero attached hydrogens (tertiary/aromatic N) is 1. The molecule has 0 radical (unpaired) electrons. The Hall–Kier alpha value is -2.17. The summed E-state index contributed by atoms with van der Waals surface area (Å²) >= 11 is 0. The Bertz CT molecular complexity index is 652. The van der Waals surface area contributed by atoms with Crippen molar-refractivity contribution in [2.45, 2.75) is 19.3 Å². The van der Waals surface area contributed by atoms with E-state index in [-0.39, 0.29) is 5.91 Å². The van der Waals surface area contributed by atoms with Crippen LogP contribution in [0.15, 0.2) is 54.6 Å². The van der Waals surface area contributed by atoms with Gasteiger partial charge in [-0.3, -0.25) is 9.63 Å². The van der Waals surface area contributed by atoms with E-state index in [0.717, 1.165) is 30.8 Å². The van der Waals surface area contributed by atoms with E-state index in [9.17, 15) is 4.79 Å². The van der Waals surface area contributed by atoms with Crippen molar-refractivity contribution in [3.05, 3.63) is 60.2 Å². The van der Waals surface area contributed by atoms with Crippen molar-refractivity contribution < 1.29 is 9.63 Å².